The third-order valence-electron chi connectivity index (χ3n) is 9.48. The molecule has 0 aliphatic heterocycles. The highest BCUT2D eigenvalue weighted by atomic mass is 32.1. The van der Waals surface area contributed by atoms with Gasteiger partial charge in [-0.2, -0.15) is 0 Å². The molecule has 8 rings (SSSR count). The van der Waals surface area contributed by atoms with Gasteiger partial charge in [0.15, 0.2) is 0 Å². The van der Waals surface area contributed by atoms with E-state index in [1.807, 2.05) is 0 Å². The van der Waals surface area contributed by atoms with Crippen molar-refractivity contribution in [2.75, 3.05) is 0 Å². The van der Waals surface area contributed by atoms with Crippen LogP contribution in [0.2, 0.25) is 0 Å². The first-order chi connectivity index (χ1) is 19.3. The minimum Gasteiger partial charge on any atom is -0.144 e. The Hall–Kier alpha value is -3.16. The second kappa shape index (κ2) is 9.20. The first-order valence-electron chi connectivity index (χ1n) is 15.3. The molecule has 1 aromatic heterocycles. The molecule has 1 heterocycles. The van der Waals surface area contributed by atoms with Gasteiger partial charge >= 0.3 is 0 Å². The van der Waals surface area contributed by atoms with E-state index in [1.165, 1.54) is 129 Å². The van der Waals surface area contributed by atoms with E-state index in [4.69, 9.17) is 0 Å². The lowest BCUT2D eigenvalue weighted by atomic mass is 9.90. The summed E-state index contributed by atoms with van der Waals surface area (Å²) in [7, 11) is 0. The zero-order chi connectivity index (χ0) is 26.1. The maximum atomic E-state index is 2.56. The summed E-state index contributed by atoms with van der Waals surface area (Å²) in [5.74, 6) is 0. The van der Waals surface area contributed by atoms with E-state index in [-0.39, 0.29) is 0 Å². The number of hydrogen-bond acceptors (Lipinski definition) is 1. The molecule has 0 saturated heterocycles. The zero-order valence-corrected chi connectivity index (χ0v) is 24.1. The van der Waals surface area contributed by atoms with E-state index >= 15 is 0 Å². The Kier molecular flexibility index (Phi) is 5.59. The van der Waals surface area contributed by atoms with Crippen molar-refractivity contribution in [2.45, 2.75) is 78.1 Å². The third-order valence-corrected chi connectivity index (χ3v) is 10.8. The lowest BCUT2D eigenvalue weighted by Crippen LogP contribution is -1.86. The number of hydrogen-bond donors (Lipinski definition) is 0. The summed E-state index contributed by atoms with van der Waals surface area (Å²) in [6.45, 7) is 4.63. The highest BCUT2D eigenvalue weighted by molar-refractivity contribution is 7.14. The topological polar surface area (TPSA) is 0 Å². The highest BCUT2D eigenvalue weighted by Crippen LogP contribution is 2.52. The van der Waals surface area contributed by atoms with Crippen molar-refractivity contribution in [2.24, 2.45) is 0 Å². The van der Waals surface area contributed by atoms with Crippen LogP contribution in [0.3, 0.4) is 0 Å². The van der Waals surface area contributed by atoms with Crippen LogP contribution < -0.4 is 0 Å². The van der Waals surface area contributed by atoms with Crippen LogP contribution in [-0.2, 0) is 12.8 Å². The van der Waals surface area contributed by atoms with Crippen molar-refractivity contribution >= 4 is 86.7 Å². The van der Waals surface area contributed by atoms with Crippen molar-refractivity contribution in [3.63, 3.8) is 0 Å². The number of aryl methyl sites for hydroxylation is 2. The van der Waals surface area contributed by atoms with Crippen molar-refractivity contribution in [1.29, 1.82) is 0 Å². The Morgan fingerprint density at radius 1 is 0.436 bits per heavy atom. The Labute approximate surface area is 234 Å². The zero-order valence-electron chi connectivity index (χ0n) is 23.3. The van der Waals surface area contributed by atoms with E-state index in [9.17, 15) is 0 Å². The molecule has 194 valence electrons. The Bertz CT molecular complexity index is 2090. The van der Waals surface area contributed by atoms with Crippen LogP contribution in [0.25, 0.3) is 75.4 Å². The van der Waals surface area contributed by atoms with Crippen molar-refractivity contribution in [3.05, 3.63) is 70.4 Å². The van der Waals surface area contributed by atoms with Gasteiger partial charge in [0.05, 0.1) is 0 Å². The van der Waals surface area contributed by atoms with Gasteiger partial charge in [0, 0.05) is 20.5 Å². The molecule has 0 radical (unpaired) electrons. The van der Waals surface area contributed by atoms with E-state index in [0.29, 0.717) is 0 Å². The Morgan fingerprint density at radius 3 is 1.62 bits per heavy atom. The lowest BCUT2D eigenvalue weighted by molar-refractivity contribution is 0.670. The maximum absolute atomic E-state index is 2.56. The number of unbranched alkanes of at least 4 members (excludes halogenated alkanes) is 6. The molecule has 0 atom stereocenters. The fraction of sp³-hybridized carbons (Fsp3) is 0.316. The number of benzene rings is 5. The fourth-order valence-corrected chi connectivity index (χ4v) is 9.12. The van der Waals surface area contributed by atoms with Gasteiger partial charge in [-0.05, 0) is 102 Å². The van der Waals surface area contributed by atoms with Crippen LogP contribution in [0, 0.1) is 0 Å². The van der Waals surface area contributed by atoms with Crippen LogP contribution in [0.5, 0.6) is 0 Å². The third kappa shape index (κ3) is 3.35. The molecule has 0 aliphatic carbocycles. The van der Waals surface area contributed by atoms with E-state index in [2.05, 4.69) is 85.8 Å². The lowest BCUT2D eigenvalue weighted by Gasteiger charge is -2.13. The second-order valence-electron chi connectivity index (χ2n) is 11.9. The van der Waals surface area contributed by atoms with E-state index < -0.39 is 0 Å². The summed E-state index contributed by atoms with van der Waals surface area (Å²) < 4.78 is 0. The smallest absolute Gasteiger partial charge is 0.0133 e. The van der Waals surface area contributed by atoms with Crippen LogP contribution >= 0.6 is 11.3 Å². The number of rotatable bonds is 10. The van der Waals surface area contributed by atoms with Crippen LogP contribution in [0.15, 0.2) is 60.7 Å². The van der Waals surface area contributed by atoms with Crippen LogP contribution in [0.4, 0.5) is 0 Å². The summed E-state index contributed by atoms with van der Waals surface area (Å²) in [4.78, 5) is 3.29. The van der Waals surface area contributed by atoms with Crippen LogP contribution in [0.1, 0.15) is 75.0 Å². The van der Waals surface area contributed by atoms with E-state index in [1.54, 1.807) is 20.5 Å². The minimum atomic E-state index is 1.23. The Morgan fingerprint density at radius 2 is 0.974 bits per heavy atom. The molecular weight excluding hydrogens is 488 g/mol. The molecule has 7 aromatic carbocycles. The predicted molar refractivity (Wildman–Crippen MR) is 176 cm³/mol. The predicted octanol–water partition coefficient (Wildman–Crippen LogP) is 12.4. The highest BCUT2D eigenvalue weighted by Gasteiger charge is 2.25. The van der Waals surface area contributed by atoms with Crippen molar-refractivity contribution < 1.29 is 0 Å². The average molecular weight is 525 g/mol. The molecule has 0 bridgehead atoms. The van der Waals surface area contributed by atoms with Crippen molar-refractivity contribution in [3.8, 4) is 0 Å². The molecule has 0 amide bonds. The molecule has 0 fully saturated rings. The number of thiophene rings is 1. The van der Waals surface area contributed by atoms with Gasteiger partial charge in [-0.3, -0.25) is 0 Å². The quantitative estimate of drug-likeness (QED) is 0.123. The van der Waals surface area contributed by atoms with Gasteiger partial charge in [0.1, 0.15) is 0 Å². The second-order valence-corrected chi connectivity index (χ2v) is 13.1. The summed E-state index contributed by atoms with van der Waals surface area (Å²) in [5, 5.41) is 20.6. The van der Waals surface area contributed by atoms with Gasteiger partial charge in [-0.15, -0.1) is 11.3 Å². The molecule has 8 aromatic rings. The monoisotopic (exact) mass is 524 g/mol. The standard InChI is InChI=1S/C38H36S/c1-3-5-7-9-15-31-37-28-20-18-23-21-29-26-14-12-11-13-25(26)27-19-17-24-22-30(36(28)34(23)33(24)35(27)29)38(37)32(39-31)16-10-8-6-4-2/h11-14,17-22H,3-10,15-16H2,1-2H3. The molecule has 0 N–H and O–H groups in total. The van der Waals surface area contributed by atoms with Gasteiger partial charge < -0.3 is 0 Å². The van der Waals surface area contributed by atoms with E-state index in [0.717, 1.165) is 0 Å². The molecule has 39 heavy (non-hydrogen) atoms. The molecule has 0 unspecified atom stereocenters. The van der Waals surface area contributed by atoms with Gasteiger partial charge in [0.2, 0.25) is 0 Å². The van der Waals surface area contributed by atoms with Gasteiger partial charge in [-0.25, -0.2) is 0 Å². The first-order valence-corrected chi connectivity index (χ1v) is 16.1. The number of fused-ring (bicyclic) bond motifs is 6. The van der Waals surface area contributed by atoms with Gasteiger partial charge in [-0.1, -0.05) is 101 Å². The average Bonchev–Trinajstić information content (AvgIpc) is 3.60. The minimum absolute atomic E-state index is 1.23. The fourth-order valence-electron chi connectivity index (χ4n) is 7.70. The SMILES string of the molecule is CCCCCCc1sc(CCCCCC)c2c3cc4ccc5c6ccccc6c6cc7ccc(c12)c3c7c4c56. The Balaban J connectivity index is 1.44. The first kappa shape index (κ1) is 23.7. The largest absolute Gasteiger partial charge is 0.144 e. The summed E-state index contributed by atoms with van der Waals surface area (Å²) in [6.07, 6.45) is 13.1. The summed E-state index contributed by atoms with van der Waals surface area (Å²) >= 11 is 2.14. The molecule has 1 heteroatoms. The van der Waals surface area contributed by atoms with Crippen molar-refractivity contribution in [1.82, 2.24) is 0 Å². The molecule has 0 saturated carbocycles. The summed E-state index contributed by atoms with van der Waals surface area (Å²) in [5.41, 5.74) is 0. The molecule has 0 nitrogen and oxygen atoms in total. The summed E-state index contributed by atoms with van der Waals surface area (Å²) in [6, 6.07) is 23.7. The molecular formula is C38H36S. The van der Waals surface area contributed by atoms with Gasteiger partial charge in [0.25, 0.3) is 0 Å². The van der Waals surface area contributed by atoms with Crippen LogP contribution in [-0.4, -0.2) is 0 Å². The maximum Gasteiger partial charge on any atom is 0.0133 e. The molecule has 0 spiro atoms. The normalized spacial score (nSPS) is 12.9. The molecule has 0 aliphatic rings.